The average molecular weight is 516 g/mol. The van der Waals surface area contributed by atoms with Gasteiger partial charge in [0.1, 0.15) is 11.5 Å². The fraction of sp³-hybridized carbons (Fsp3) is 0.536. The quantitative estimate of drug-likeness (QED) is 0.239. The molecule has 2 aliphatic rings. The number of carbonyl (C=O) groups excluding carboxylic acids is 1. The van der Waals surface area contributed by atoms with Gasteiger partial charge < -0.3 is 19.1 Å². The number of hydrogen-bond donors (Lipinski definition) is 1. The molecule has 8 heteroatoms. The maximum Gasteiger partial charge on any atom is 0.255 e. The third-order valence-electron chi connectivity index (χ3n) is 6.16. The number of hydrogen-bond acceptors (Lipinski definition) is 7. The van der Waals surface area contributed by atoms with Crippen LogP contribution in [0.2, 0.25) is 0 Å². The van der Waals surface area contributed by atoms with E-state index in [0.717, 1.165) is 48.8 Å². The normalized spacial score (nSPS) is 22.7. The van der Waals surface area contributed by atoms with Crippen molar-refractivity contribution in [2.24, 2.45) is 5.92 Å². The van der Waals surface area contributed by atoms with E-state index >= 15 is 0 Å². The molecule has 1 aromatic carbocycles. The molecule has 1 fully saturated rings. The van der Waals surface area contributed by atoms with Gasteiger partial charge in [0, 0.05) is 62.6 Å². The van der Waals surface area contributed by atoms with Crippen LogP contribution in [0.15, 0.2) is 65.6 Å². The average Bonchev–Trinajstić information content (AvgIpc) is 2.88. The molecular formula is C28H41N3O4S. The molecule has 1 amide bonds. The van der Waals surface area contributed by atoms with E-state index in [9.17, 15) is 4.79 Å². The Morgan fingerprint density at radius 2 is 2.08 bits per heavy atom. The second kappa shape index (κ2) is 15.2. The molecule has 0 saturated carbocycles. The second-order valence-electron chi connectivity index (χ2n) is 8.91. The minimum Gasteiger partial charge on any atom is -0.458 e. The van der Waals surface area contributed by atoms with E-state index in [-0.39, 0.29) is 17.9 Å². The molecule has 0 bridgehead atoms. The lowest BCUT2D eigenvalue weighted by Gasteiger charge is -2.37. The van der Waals surface area contributed by atoms with Crippen molar-refractivity contribution < 1.29 is 19.0 Å². The van der Waals surface area contributed by atoms with Crippen LogP contribution < -0.4 is 9.46 Å². The summed E-state index contributed by atoms with van der Waals surface area (Å²) in [7, 11) is 0. The number of morpholine rings is 1. The van der Waals surface area contributed by atoms with Crippen LogP contribution in [0.1, 0.15) is 27.2 Å². The summed E-state index contributed by atoms with van der Waals surface area (Å²) in [5.41, 5.74) is 1.77. The third kappa shape index (κ3) is 8.49. The predicted molar refractivity (Wildman–Crippen MR) is 147 cm³/mol. The molecular weight excluding hydrogens is 474 g/mol. The number of nitrogens with one attached hydrogen (secondary N) is 1. The number of rotatable bonds is 13. The van der Waals surface area contributed by atoms with Crippen LogP contribution in [0.25, 0.3) is 0 Å². The van der Waals surface area contributed by atoms with Gasteiger partial charge in [-0.15, -0.1) is 0 Å². The fourth-order valence-corrected chi connectivity index (χ4v) is 4.77. The Balaban J connectivity index is 1.81. The molecule has 3 rings (SSSR count). The summed E-state index contributed by atoms with van der Waals surface area (Å²) in [6.07, 6.45) is 9.15. The highest BCUT2D eigenvalue weighted by atomic mass is 32.2. The molecule has 2 atom stereocenters. The van der Waals surface area contributed by atoms with Crippen molar-refractivity contribution in [3.05, 3.63) is 65.6 Å². The van der Waals surface area contributed by atoms with Crippen molar-refractivity contribution in [3.8, 4) is 5.75 Å². The first kappa shape index (κ1) is 28.5. The lowest BCUT2D eigenvalue weighted by molar-refractivity contribution is -0.127. The standard InChI is InChI=1S/C28H41N3O4S/c1-5-10-25(35-24-11-8-7-9-12-24)18-27-22(3)17-23(28(32)31(27)14-15-33-6-2)20-30-13-16-34-26(21-30)19-29-36-4/h7-12,17-18,22,26,29H,5-6,13-16,19-21H2,1-4H3/b25-10+,27-18+. The summed E-state index contributed by atoms with van der Waals surface area (Å²) in [4.78, 5) is 17.9. The molecule has 7 nitrogen and oxygen atoms in total. The van der Waals surface area contributed by atoms with E-state index in [1.54, 1.807) is 11.9 Å². The Bertz CT molecular complexity index is 919. The number of allylic oxidation sites excluding steroid dienone is 3. The lowest BCUT2D eigenvalue weighted by Crippen LogP contribution is -2.48. The van der Waals surface area contributed by atoms with Crippen LogP contribution in [0.4, 0.5) is 0 Å². The first-order chi connectivity index (χ1) is 17.5. The van der Waals surface area contributed by atoms with Gasteiger partial charge in [0.05, 0.1) is 19.3 Å². The van der Waals surface area contributed by atoms with Crippen molar-refractivity contribution in [2.45, 2.75) is 33.3 Å². The van der Waals surface area contributed by atoms with Crippen LogP contribution in [0, 0.1) is 5.92 Å². The molecule has 0 aliphatic carbocycles. The highest BCUT2D eigenvalue weighted by Gasteiger charge is 2.32. The minimum absolute atomic E-state index is 0.0416. The van der Waals surface area contributed by atoms with Gasteiger partial charge in [-0.3, -0.25) is 14.4 Å². The Kier molecular flexibility index (Phi) is 12.0. The Labute approximate surface area is 220 Å². The van der Waals surface area contributed by atoms with Crippen molar-refractivity contribution in [2.75, 3.05) is 58.8 Å². The van der Waals surface area contributed by atoms with Crippen molar-refractivity contribution in [1.29, 1.82) is 0 Å². The zero-order valence-corrected chi connectivity index (χ0v) is 22.9. The van der Waals surface area contributed by atoms with Gasteiger partial charge in [0.2, 0.25) is 0 Å². The number of para-hydroxylation sites is 1. The highest BCUT2D eigenvalue weighted by Crippen LogP contribution is 2.29. The van der Waals surface area contributed by atoms with Crippen LogP contribution in [-0.2, 0) is 14.3 Å². The molecule has 198 valence electrons. The first-order valence-corrected chi connectivity index (χ1v) is 14.1. The molecule has 1 saturated heterocycles. The van der Waals surface area contributed by atoms with E-state index in [4.69, 9.17) is 14.2 Å². The summed E-state index contributed by atoms with van der Waals surface area (Å²) in [6, 6.07) is 9.75. The molecule has 0 aromatic heterocycles. The van der Waals surface area contributed by atoms with Gasteiger partial charge in [-0.1, -0.05) is 50.1 Å². The topological polar surface area (TPSA) is 63.3 Å². The van der Waals surface area contributed by atoms with E-state index in [1.807, 2.05) is 60.6 Å². The molecule has 2 aliphatic heterocycles. The van der Waals surface area contributed by atoms with E-state index in [1.165, 1.54) is 0 Å². The Morgan fingerprint density at radius 3 is 2.81 bits per heavy atom. The number of carbonyl (C=O) groups is 1. The smallest absolute Gasteiger partial charge is 0.255 e. The number of ether oxygens (including phenoxy) is 3. The van der Waals surface area contributed by atoms with Gasteiger partial charge in [-0.05, 0) is 37.8 Å². The molecule has 2 unspecified atom stereocenters. The minimum atomic E-state index is 0.0416. The van der Waals surface area contributed by atoms with Crippen molar-refractivity contribution in [1.82, 2.24) is 14.5 Å². The molecule has 1 N–H and O–H groups in total. The lowest BCUT2D eigenvalue weighted by atomic mass is 9.95. The zero-order chi connectivity index (χ0) is 25.8. The van der Waals surface area contributed by atoms with Crippen LogP contribution >= 0.6 is 11.9 Å². The number of nitrogens with zero attached hydrogens (tertiary/aromatic N) is 2. The van der Waals surface area contributed by atoms with Gasteiger partial charge in [-0.2, -0.15) is 0 Å². The summed E-state index contributed by atoms with van der Waals surface area (Å²) in [6.45, 7) is 11.5. The van der Waals surface area contributed by atoms with E-state index in [0.29, 0.717) is 32.9 Å². The van der Waals surface area contributed by atoms with Crippen LogP contribution in [0.5, 0.6) is 5.75 Å². The monoisotopic (exact) mass is 515 g/mol. The Morgan fingerprint density at radius 1 is 1.28 bits per heavy atom. The highest BCUT2D eigenvalue weighted by molar-refractivity contribution is 7.96. The third-order valence-corrected chi connectivity index (χ3v) is 6.61. The summed E-state index contributed by atoms with van der Waals surface area (Å²) in [5.74, 6) is 1.63. The van der Waals surface area contributed by atoms with E-state index < -0.39 is 0 Å². The molecule has 2 heterocycles. The molecule has 36 heavy (non-hydrogen) atoms. The maximum atomic E-state index is 13.7. The van der Waals surface area contributed by atoms with Gasteiger partial charge in [0.25, 0.3) is 5.91 Å². The number of benzene rings is 1. The second-order valence-corrected chi connectivity index (χ2v) is 9.61. The van der Waals surface area contributed by atoms with Crippen molar-refractivity contribution in [3.63, 3.8) is 0 Å². The van der Waals surface area contributed by atoms with Gasteiger partial charge in [0.15, 0.2) is 0 Å². The van der Waals surface area contributed by atoms with Gasteiger partial charge >= 0.3 is 0 Å². The Hall–Kier alpha value is -2.10. The van der Waals surface area contributed by atoms with Crippen LogP contribution in [0.3, 0.4) is 0 Å². The molecule has 0 spiro atoms. The molecule has 0 radical (unpaired) electrons. The van der Waals surface area contributed by atoms with Gasteiger partial charge in [-0.25, -0.2) is 0 Å². The summed E-state index contributed by atoms with van der Waals surface area (Å²) < 4.78 is 21.0. The molecule has 1 aromatic rings. The number of amides is 1. The predicted octanol–water partition coefficient (Wildman–Crippen LogP) is 4.25. The van der Waals surface area contributed by atoms with Crippen molar-refractivity contribution >= 4 is 17.9 Å². The van der Waals surface area contributed by atoms with Crippen LogP contribution in [-0.4, -0.2) is 80.6 Å². The summed E-state index contributed by atoms with van der Waals surface area (Å²) >= 11 is 1.60. The zero-order valence-electron chi connectivity index (χ0n) is 22.1. The largest absolute Gasteiger partial charge is 0.458 e. The summed E-state index contributed by atoms with van der Waals surface area (Å²) in [5, 5.41) is 0. The maximum absolute atomic E-state index is 13.7. The SMILES string of the molecule is CC/C=C(\C=C1/C(C)C=C(CN2CCOC(CNSC)C2)C(=O)N1CCOCC)Oc1ccccc1. The fourth-order valence-electron chi connectivity index (χ4n) is 4.42. The van der Waals surface area contributed by atoms with E-state index in [2.05, 4.69) is 29.5 Å². The first-order valence-electron chi connectivity index (χ1n) is 12.9.